The van der Waals surface area contributed by atoms with Crippen molar-refractivity contribution < 1.29 is 17.9 Å². The Morgan fingerprint density at radius 3 is 2.65 bits per heavy atom. The number of ether oxygens (including phenoxy) is 1. The summed E-state index contributed by atoms with van der Waals surface area (Å²) in [5.41, 5.74) is 0. The lowest BCUT2D eigenvalue weighted by Crippen LogP contribution is -2.30. The van der Waals surface area contributed by atoms with Gasteiger partial charge in [-0.05, 0) is 38.3 Å². The number of alkyl halides is 3. The van der Waals surface area contributed by atoms with Crippen molar-refractivity contribution in [1.82, 2.24) is 10.2 Å². The van der Waals surface area contributed by atoms with E-state index in [0.29, 0.717) is 5.92 Å². The number of hydrogen-bond donors (Lipinski definition) is 1. The molecule has 0 aromatic rings. The molecule has 3 nitrogen and oxygen atoms in total. The second-order valence-corrected chi connectivity index (χ2v) is 4.88. The lowest BCUT2D eigenvalue weighted by atomic mass is 10.1. The summed E-state index contributed by atoms with van der Waals surface area (Å²) in [7, 11) is 0. The van der Waals surface area contributed by atoms with Crippen LogP contribution in [0.2, 0.25) is 0 Å². The van der Waals surface area contributed by atoms with Crippen LogP contribution in [0.15, 0.2) is 0 Å². The predicted molar refractivity (Wildman–Crippen MR) is 57.6 cm³/mol. The van der Waals surface area contributed by atoms with E-state index in [1.807, 2.05) is 0 Å². The fraction of sp³-hybridized carbons (Fsp3) is 1.00. The molecule has 100 valence electrons. The van der Waals surface area contributed by atoms with Crippen molar-refractivity contribution in [2.45, 2.75) is 31.7 Å². The van der Waals surface area contributed by atoms with Crippen LogP contribution in [0.4, 0.5) is 13.2 Å². The monoisotopic (exact) mass is 252 g/mol. The first kappa shape index (κ1) is 13.1. The molecule has 0 aromatic carbocycles. The summed E-state index contributed by atoms with van der Waals surface area (Å²) in [6.07, 6.45) is -0.708. The van der Waals surface area contributed by atoms with Crippen LogP contribution in [0.1, 0.15) is 19.3 Å². The van der Waals surface area contributed by atoms with Crippen molar-refractivity contribution in [3.05, 3.63) is 0 Å². The number of likely N-dealkylation sites (tertiary alicyclic amines) is 1. The van der Waals surface area contributed by atoms with Crippen molar-refractivity contribution in [3.63, 3.8) is 0 Å². The van der Waals surface area contributed by atoms with Crippen LogP contribution in [0.3, 0.4) is 0 Å². The van der Waals surface area contributed by atoms with Crippen molar-refractivity contribution in [2.24, 2.45) is 5.92 Å². The van der Waals surface area contributed by atoms with Crippen LogP contribution in [0.5, 0.6) is 0 Å². The van der Waals surface area contributed by atoms with Crippen molar-refractivity contribution in [1.29, 1.82) is 0 Å². The molecule has 0 bridgehead atoms. The molecular formula is C11H19F3N2O. The van der Waals surface area contributed by atoms with Gasteiger partial charge < -0.3 is 10.2 Å². The fourth-order valence-corrected chi connectivity index (χ4v) is 2.35. The van der Waals surface area contributed by atoms with Crippen LogP contribution in [0, 0.1) is 5.92 Å². The molecule has 0 amide bonds. The van der Waals surface area contributed by atoms with Gasteiger partial charge in [-0.1, -0.05) is 0 Å². The molecule has 2 rings (SSSR count). The Hall–Kier alpha value is -0.330. The Bertz CT molecular complexity index is 243. The highest BCUT2D eigenvalue weighted by molar-refractivity contribution is 4.89. The topological polar surface area (TPSA) is 24.5 Å². The average molecular weight is 252 g/mol. The second kappa shape index (κ2) is 5.54. The molecule has 1 atom stereocenters. The van der Waals surface area contributed by atoms with E-state index in [2.05, 4.69) is 15.0 Å². The van der Waals surface area contributed by atoms with E-state index in [1.165, 1.54) is 12.8 Å². The zero-order valence-corrected chi connectivity index (χ0v) is 9.80. The van der Waals surface area contributed by atoms with Gasteiger partial charge in [0.15, 0.2) is 0 Å². The first-order valence-electron chi connectivity index (χ1n) is 6.20. The van der Waals surface area contributed by atoms with Gasteiger partial charge in [-0.25, -0.2) is 0 Å². The Morgan fingerprint density at radius 1 is 1.24 bits per heavy atom. The number of nitrogens with one attached hydrogen (secondary N) is 1. The zero-order valence-electron chi connectivity index (χ0n) is 9.80. The highest BCUT2D eigenvalue weighted by atomic mass is 19.4. The normalized spacial score (nSPS) is 26.6. The van der Waals surface area contributed by atoms with Gasteiger partial charge in [-0.3, -0.25) is 4.74 Å². The molecule has 0 radical (unpaired) electrons. The van der Waals surface area contributed by atoms with E-state index < -0.39 is 6.36 Å². The Morgan fingerprint density at radius 2 is 2.00 bits per heavy atom. The van der Waals surface area contributed by atoms with Gasteiger partial charge in [-0.2, -0.15) is 0 Å². The molecule has 0 spiro atoms. The maximum absolute atomic E-state index is 11.7. The summed E-state index contributed by atoms with van der Waals surface area (Å²) in [5.74, 6) is 0.585. The Labute approximate surface area is 99.3 Å². The average Bonchev–Trinajstić information content (AvgIpc) is 2.97. The molecular weight excluding hydrogens is 233 g/mol. The van der Waals surface area contributed by atoms with Gasteiger partial charge in [0.25, 0.3) is 0 Å². The Kier molecular flexibility index (Phi) is 4.27. The van der Waals surface area contributed by atoms with Crippen LogP contribution in [-0.2, 0) is 4.74 Å². The quantitative estimate of drug-likeness (QED) is 0.727. The third-order valence-electron chi connectivity index (χ3n) is 3.36. The molecule has 1 unspecified atom stereocenters. The summed E-state index contributed by atoms with van der Waals surface area (Å²) >= 11 is 0. The van der Waals surface area contributed by atoms with Gasteiger partial charge in [0, 0.05) is 19.1 Å². The highest BCUT2D eigenvalue weighted by Crippen LogP contribution is 2.31. The lowest BCUT2D eigenvalue weighted by Gasteiger charge is -2.15. The number of rotatable bonds is 6. The maximum atomic E-state index is 11.7. The SMILES string of the molecule is FC(F)(F)OCCNCC1CCN(C2CC2)C1. The van der Waals surface area contributed by atoms with Gasteiger partial charge in [0.2, 0.25) is 0 Å². The maximum Gasteiger partial charge on any atom is 0.522 e. The van der Waals surface area contributed by atoms with Crippen LogP contribution >= 0.6 is 0 Å². The minimum Gasteiger partial charge on any atom is -0.314 e. The molecule has 0 aromatic heterocycles. The molecule has 17 heavy (non-hydrogen) atoms. The van der Waals surface area contributed by atoms with Gasteiger partial charge in [-0.15, -0.1) is 13.2 Å². The highest BCUT2D eigenvalue weighted by Gasteiger charge is 2.34. The first-order valence-corrected chi connectivity index (χ1v) is 6.20. The van der Waals surface area contributed by atoms with Crippen LogP contribution < -0.4 is 5.32 Å². The number of hydrogen-bond acceptors (Lipinski definition) is 3. The van der Waals surface area contributed by atoms with Gasteiger partial charge in [0.1, 0.15) is 0 Å². The molecule has 1 heterocycles. The number of halogens is 3. The molecule has 1 saturated heterocycles. The van der Waals surface area contributed by atoms with E-state index in [-0.39, 0.29) is 13.2 Å². The first-order chi connectivity index (χ1) is 8.04. The van der Waals surface area contributed by atoms with E-state index in [0.717, 1.165) is 32.1 Å². The van der Waals surface area contributed by atoms with Crippen LogP contribution in [-0.4, -0.2) is 50.1 Å². The standard InChI is InChI=1S/C11H19F3N2O/c12-11(13,14)17-6-4-15-7-9-3-5-16(8-9)10-1-2-10/h9-10,15H,1-8H2. The molecule has 6 heteroatoms. The predicted octanol–water partition coefficient (Wildman–Crippen LogP) is 1.60. The van der Waals surface area contributed by atoms with Crippen molar-refractivity contribution >= 4 is 0 Å². The van der Waals surface area contributed by atoms with Gasteiger partial charge >= 0.3 is 6.36 Å². The molecule has 2 fully saturated rings. The summed E-state index contributed by atoms with van der Waals surface area (Å²) in [6.45, 7) is 3.00. The van der Waals surface area contributed by atoms with E-state index >= 15 is 0 Å². The largest absolute Gasteiger partial charge is 0.522 e. The van der Waals surface area contributed by atoms with Gasteiger partial charge in [0.05, 0.1) is 6.61 Å². The fourth-order valence-electron chi connectivity index (χ4n) is 2.35. The third kappa shape index (κ3) is 4.81. The zero-order chi connectivity index (χ0) is 12.3. The minimum atomic E-state index is -4.50. The summed E-state index contributed by atoms with van der Waals surface area (Å²) in [4.78, 5) is 2.50. The second-order valence-electron chi connectivity index (χ2n) is 4.88. The van der Waals surface area contributed by atoms with Crippen LogP contribution in [0.25, 0.3) is 0 Å². The number of nitrogens with zero attached hydrogens (tertiary/aromatic N) is 1. The van der Waals surface area contributed by atoms with E-state index in [1.54, 1.807) is 0 Å². The van der Waals surface area contributed by atoms with Crippen molar-refractivity contribution in [3.8, 4) is 0 Å². The molecule has 1 saturated carbocycles. The summed E-state index contributed by atoms with van der Waals surface area (Å²) in [5, 5.41) is 3.03. The summed E-state index contributed by atoms with van der Waals surface area (Å²) < 4.78 is 38.7. The smallest absolute Gasteiger partial charge is 0.314 e. The Balaban J connectivity index is 1.48. The van der Waals surface area contributed by atoms with Crippen molar-refractivity contribution in [2.75, 3.05) is 32.8 Å². The third-order valence-corrected chi connectivity index (χ3v) is 3.36. The minimum absolute atomic E-state index is 0.263. The summed E-state index contributed by atoms with van der Waals surface area (Å²) in [6, 6.07) is 0.800. The molecule has 1 N–H and O–H groups in total. The van der Waals surface area contributed by atoms with E-state index in [9.17, 15) is 13.2 Å². The molecule has 2 aliphatic rings. The molecule has 1 aliphatic carbocycles. The lowest BCUT2D eigenvalue weighted by molar-refractivity contribution is -0.323. The molecule has 1 aliphatic heterocycles. The van der Waals surface area contributed by atoms with E-state index in [4.69, 9.17) is 0 Å².